The van der Waals surface area contributed by atoms with Gasteiger partial charge in [-0.1, -0.05) is 26.0 Å². The van der Waals surface area contributed by atoms with Crippen LogP contribution < -0.4 is 0 Å². The Labute approximate surface area is 106 Å². The van der Waals surface area contributed by atoms with E-state index in [0.717, 1.165) is 0 Å². The molecule has 1 aliphatic heterocycles. The van der Waals surface area contributed by atoms with E-state index in [4.69, 9.17) is 9.47 Å². The van der Waals surface area contributed by atoms with Gasteiger partial charge in [-0.15, -0.1) is 0 Å². The Morgan fingerprint density at radius 3 is 2.39 bits per heavy atom. The van der Waals surface area contributed by atoms with Crippen molar-refractivity contribution in [1.29, 1.82) is 0 Å². The van der Waals surface area contributed by atoms with Crippen LogP contribution in [0, 0.1) is 15.5 Å². The molecule has 0 radical (unpaired) electrons. The van der Waals surface area contributed by atoms with Gasteiger partial charge in [-0.3, -0.25) is 10.1 Å². The average molecular weight is 251 g/mol. The number of rotatable bonds is 2. The molecule has 18 heavy (non-hydrogen) atoms. The van der Waals surface area contributed by atoms with Crippen molar-refractivity contribution in [1.82, 2.24) is 0 Å². The smallest absolute Gasteiger partial charge is 0.269 e. The molecule has 98 valence electrons. The van der Waals surface area contributed by atoms with Crippen molar-refractivity contribution in [2.24, 2.45) is 5.41 Å². The van der Waals surface area contributed by atoms with E-state index in [1.165, 1.54) is 12.1 Å². The van der Waals surface area contributed by atoms with Crippen LogP contribution in [0.2, 0.25) is 0 Å². The lowest BCUT2D eigenvalue weighted by atomic mass is 9.93. The molecule has 0 N–H and O–H groups in total. The first kappa shape index (κ1) is 13.0. The highest BCUT2D eigenvalue weighted by molar-refractivity contribution is 5.36. The Morgan fingerprint density at radius 2 is 1.83 bits per heavy atom. The lowest BCUT2D eigenvalue weighted by Crippen LogP contribution is -2.43. The highest BCUT2D eigenvalue weighted by atomic mass is 16.7. The Hall–Kier alpha value is -1.46. The van der Waals surface area contributed by atoms with Gasteiger partial charge in [0.1, 0.15) is 0 Å². The van der Waals surface area contributed by atoms with Crippen LogP contribution in [0.4, 0.5) is 5.69 Å². The van der Waals surface area contributed by atoms with E-state index in [9.17, 15) is 10.1 Å². The maximum absolute atomic E-state index is 10.8. The molecule has 0 bridgehead atoms. The molecular formula is C13H17NO4. The second-order valence-corrected chi connectivity index (χ2v) is 5.49. The van der Waals surface area contributed by atoms with Crippen molar-refractivity contribution < 1.29 is 14.4 Å². The lowest BCUT2D eigenvalue weighted by molar-refractivity contribution is -0.385. The van der Waals surface area contributed by atoms with Gasteiger partial charge < -0.3 is 9.47 Å². The van der Waals surface area contributed by atoms with Gasteiger partial charge in [-0.05, 0) is 6.92 Å². The predicted octanol–water partition coefficient (Wildman–Crippen LogP) is 2.84. The first-order valence-electron chi connectivity index (χ1n) is 5.85. The largest absolute Gasteiger partial charge is 0.345 e. The van der Waals surface area contributed by atoms with Crippen LogP contribution >= 0.6 is 0 Å². The molecule has 0 unspecified atom stereocenters. The molecule has 0 saturated carbocycles. The fourth-order valence-electron chi connectivity index (χ4n) is 1.82. The van der Waals surface area contributed by atoms with Crippen molar-refractivity contribution in [3.05, 3.63) is 39.9 Å². The molecule has 1 saturated heterocycles. The molecule has 5 heteroatoms. The topological polar surface area (TPSA) is 61.6 Å². The molecule has 2 rings (SSSR count). The van der Waals surface area contributed by atoms with Gasteiger partial charge in [0, 0.05) is 23.1 Å². The minimum absolute atomic E-state index is 0.0276. The summed E-state index contributed by atoms with van der Waals surface area (Å²) in [6.07, 6.45) is 0. The maximum Gasteiger partial charge on any atom is 0.269 e. The number of nitrogens with zero attached hydrogens (tertiary/aromatic N) is 1. The second kappa shape index (κ2) is 4.33. The summed E-state index contributed by atoms with van der Waals surface area (Å²) in [5, 5.41) is 10.8. The van der Waals surface area contributed by atoms with Crippen LogP contribution in [0.25, 0.3) is 0 Å². The minimum Gasteiger partial charge on any atom is -0.345 e. The van der Waals surface area contributed by atoms with E-state index in [-0.39, 0.29) is 11.1 Å². The molecule has 1 aromatic rings. The molecule has 0 amide bonds. The second-order valence-electron chi connectivity index (χ2n) is 5.49. The van der Waals surface area contributed by atoms with E-state index in [1.807, 2.05) is 0 Å². The fourth-order valence-corrected chi connectivity index (χ4v) is 1.82. The third-order valence-electron chi connectivity index (χ3n) is 3.06. The zero-order chi connectivity index (χ0) is 13.4. The Morgan fingerprint density at radius 1 is 1.22 bits per heavy atom. The number of ether oxygens (including phenoxy) is 2. The molecule has 1 aliphatic rings. The Bertz CT molecular complexity index is 460. The predicted molar refractivity (Wildman–Crippen MR) is 66.1 cm³/mol. The fraction of sp³-hybridized carbons (Fsp3) is 0.538. The SMILES string of the molecule is CC1(C)COC(C)(c2cccc([N+](=O)[O-])c2)OC1. The molecule has 0 aromatic heterocycles. The third-order valence-corrected chi connectivity index (χ3v) is 3.06. The summed E-state index contributed by atoms with van der Waals surface area (Å²) in [4.78, 5) is 10.4. The first-order chi connectivity index (χ1) is 8.32. The first-order valence-corrected chi connectivity index (χ1v) is 5.85. The van der Waals surface area contributed by atoms with Crippen molar-refractivity contribution in [3.63, 3.8) is 0 Å². The molecule has 0 spiro atoms. The monoisotopic (exact) mass is 251 g/mol. The van der Waals surface area contributed by atoms with Crippen molar-refractivity contribution in [2.75, 3.05) is 13.2 Å². The standard InChI is InChI=1S/C13H17NO4/c1-12(2)8-17-13(3,18-9-12)10-5-4-6-11(7-10)14(15)16/h4-7H,8-9H2,1-3H3. The van der Waals surface area contributed by atoms with Gasteiger partial charge in [0.05, 0.1) is 18.1 Å². The lowest BCUT2D eigenvalue weighted by Gasteiger charge is -2.41. The quantitative estimate of drug-likeness (QED) is 0.599. The summed E-state index contributed by atoms with van der Waals surface area (Å²) in [7, 11) is 0. The number of hydrogen-bond acceptors (Lipinski definition) is 4. The summed E-state index contributed by atoms with van der Waals surface area (Å²) in [5.41, 5.74) is 0.693. The normalized spacial score (nSPS) is 21.5. The minimum atomic E-state index is -0.901. The van der Waals surface area contributed by atoms with E-state index in [0.29, 0.717) is 18.8 Å². The van der Waals surface area contributed by atoms with Crippen molar-refractivity contribution in [2.45, 2.75) is 26.6 Å². The van der Waals surface area contributed by atoms with Gasteiger partial charge in [-0.25, -0.2) is 0 Å². The van der Waals surface area contributed by atoms with Gasteiger partial charge in [0.15, 0.2) is 5.79 Å². The molecule has 1 aromatic carbocycles. The summed E-state index contributed by atoms with van der Waals surface area (Å²) in [5.74, 6) is -0.901. The highest BCUT2D eigenvalue weighted by Crippen LogP contribution is 2.36. The van der Waals surface area contributed by atoms with E-state index in [2.05, 4.69) is 13.8 Å². The number of hydrogen-bond donors (Lipinski definition) is 0. The van der Waals surface area contributed by atoms with Gasteiger partial charge >= 0.3 is 0 Å². The maximum atomic E-state index is 10.8. The Kier molecular flexibility index (Phi) is 3.12. The number of benzene rings is 1. The van der Waals surface area contributed by atoms with Crippen LogP contribution in [-0.4, -0.2) is 18.1 Å². The third kappa shape index (κ3) is 2.52. The molecule has 1 fully saturated rings. The van der Waals surface area contributed by atoms with Gasteiger partial charge in [-0.2, -0.15) is 0 Å². The average Bonchev–Trinajstić information content (AvgIpc) is 2.34. The molecule has 5 nitrogen and oxygen atoms in total. The van der Waals surface area contributed by atoms with E-state index >= 15 is 0 Å². The van der Waals surface area contributed by atoms with Crippen molar-refractivity contribution >= 4 is 5.69 Å². The van der Waals surface area contributed by atoms with Gasteiger partial charge in [0.2, 0.25) is 0 Å². The molecule has 0 aliphatic carbocycles. The Balaban J connectivity index is 2.26. The molecule has 1 heterocycles. The zero-order valence-corrected chi connectivity index (χ0v) is 10.8. The number of nitro benzene ring substituents is 1. The molecule has 0 atom stereocenters. The van der Waals surface area contributed by atoms with E-state index < -0.39 is 10.7 Å². The van der Waals surface area contributed by atoms with Crippen LogP contribution in [0.5, 0.6) is 0 Å². The number of nitro groups is 1. The molecular weight excluding hydrogens is 234 g/mol. The number of non-ortho nitro benzene ring substituents is 1. The summed E-state index contributed by atoms with van der Waals surface area (Å²) in [6, 6.07) is 6.38. The van der Waals surface area contributed by atoms with E-state index in [1.54, 1.807) is 19.1 Å². The van der Waals surface area contributed by atoms with Crippen LogP contribution in [0.1, 0.15) is 26.3 Å². The van der Waals surface area contributed by atoms with Crippen LogP contribution in [0.15, 0.2) is 24.3 Å². The van der Waals surface area contributed by atoms with Gasteiger partial charge in [0.25, 0.3) is 5.69 Å². The van der Waals surface area contributed by atoms with Crippen LogP contribution in [0.3, 0.4) is 0 Å². The highest BCUT2D eigenvalue weighted by Gasteiger charge is 2.38. The van der Waals surface area contributed by atoms with Crippen LogP contribution in [-0.2, 0) is 15.3 Å². The summed E-state index contributed by atoms with van der Waals surface area (Å²) >= 11 is 0. The summed E-state index contributed by atoms with van der Waals surface area (Å²) in [6.45, 7) is 7.03. The zero-order valence-electron chi connectivity index (χ0n) is 10.8. The summed E-state index contributed by atoms with van der Waals surface area (Å²) < 4.78 is 11.5. The van der Waals surface area contributed by atoms with Crippen molar-refractivity contribution in [3.8, 4) is 0 Å².